The third kappa shape index (κ3) is 5.28. The monoisotopic (exact) mass is 429 g/mol. The molecule has 3 aromatic heterocycles. The number of benzene rings is 2. The predicted octanol–water partition coefficient (Wildman–Crippen LogP) is 5.80. The summed E-state index contributed by atoms with van der Waals surface area (Å²) in [6.45, 7) is 1.42. The van der Waals surface area contributed by atoms with E-state index in [4.69, 9.17) is 0 Å². The van der Waals surface area contributed by atoms with Gasteiger partial charge in [0.1, 0.15) is 0 Å². The van der Waals surface area contributed by atoms with E-state index >= 15 is 0 Å². The molecular weight excluding hydrogens is 406 g/mol. The van der Waals surface area contributed by atoms with Crippen LogP contribution in [0.3, 0.4) is 0 Å². The van der Waals surface area contributed by atoms with Crippen LogP contribution in [-0.4, -0.2) is 19.9 Å². The Labute approximate surface area is 193 Å². The molecule has 5 aromatic rings. The molecule has 0 aliphatic carbocycles. The van der Waals surface area contributed by atoms with Gasteiger partial charge in [0.05, 0.1) is 47.4 Å². The molecule has 0 atom stereocenters. The van der Waals surface area contributed by atoms with Gasteiger partial charge < -0.3 is 4.90 Å². The lowest BCUT2D eigenvalue weighted by Gasteiger charge is -2.24. The minimum absolute atomic E-state index is 0.708. The van der Waals surface area contributed by atoms with Crippen molar-refractivity contribution >= 4 is 28.9 Å². The zero-order valence-electron chi connectivity index (χ0n) is 18.1. The Balaban J connectivity index is 1.35. The lowest BCUT2D eigenvalue weighted by molar-refractivity contribution is 0.765. The van der Waals surface area contributed by atoms with E-state index in [1.54, 1.807) is 6.20 Å². The second-order valence-corrected chi connectivity index (χ2v) is 7.71. The van der Waals surface area contributed by atoms with E-state index in [1.807, 2.05) is 79.1 Å². The number of aromatic nitrogens is 4. The molecule has 0 saturated heterocycles. The maximum atomic E-state index is 4.66. The van der Waals surface area contributed by atoms with Crippen molar-refractivity contribution in [3.05, 3.63) is 126 Å². The number of pyridine rings is 2. The second kappa shape index (κ2) is 9.83. The number of hydrogen-bond acceptors (Lipinski definition) is 5. The molecule has 5 rings (SSSR count). The van der Waals surface area contributed by atoms with E-state index in [0.717, 1.165) is 39.4 Å². The van der Waals surface area contributed by atoms with Crippen LogP contribution in [0.15, 0.2) is 104 Å². The summed E-state index contributed by atoms with van der Waals surface area (Å²) in [6.07, 6.45) is 9.52. The molecule has 5 heteroatoms. The molecule has 0 bridgehead atoms. The predicted molar refractivity (Wildman–Crippen MR) is 133 cm³/mol. The van der Waals surface area contributed by atoms with E-state index in [2.05, 4.69) is 55.2 Å². The summed E-state index contributed by atoms with van der Waals surface area (Å²) in [4.78, 5) is 20.4. The van der Waals surface area contributed by atoms with Gasteiger partial charge in [-0.15, -0.1) is 0 Å². The number of fused-ring (bicyclic) bond motifs is 1. The van der Waals surface area contributed by atoms with Crippen LogP contribution in [0.1, 0.15) is 22.6 Å². The second-order valence-electron chi connectivity index (χ2n) is 7.71. The summed E-state index contributed by atoms with van der Waals surface area (Å²) < 4.78 is 0. The Hall–Kier alpha value is -4.38. The summed E-state index contributed by atoms with van der Waals surface area (Å²) in [5.74, 6) is 0. The largest absolute Gasteiger partial charge is 0.360 e. The van der Waals surface area contributed by atoms with Crippen LogP contribution < -0.4 is 4.90 Å². The average molecular weight is 430 g/mol. The van der Waals surface area contributed by atoms with E-state index in [9.17, 15) is 0 Å². The highest BCUT2D eigenvalue weighted by molar-refractivity contribution is 5.76. The number of hydrogen-bond donors (Lipinski definition) is 0. The fourth-order valence-corrected chi connectivity index (χ4v) is 3.64. The first-order valence-corrected chi connectivity index (χ1v) is 10.9. The van der Waals surface area contributed by atoms with Crippen LogP contribution in [0.4, 0.5) is 5.69 Å². The van der Waals surface area contributed by atoms with Gasteiger partial charge in [0, 0.05) is 18.1 Å². The van der Waals surface area contributed by atoms with Crippen molar-refractivity contribution in [3.8, 4) is 0 Å². The molecule has 0 spiro atoms. The molecule has 0 aliphatic heterocycles. The molecule has 160 valence electrons. The first kappa shape index (κ1) is 20.5. The van der Waals surface area contributed by atoms with Crippen LogP contribution >= 0.6 is 0 Å². The van der Waals surface area contributed by atoms with Crippen molar-refractivity contribution in [2.24, 2.45) is 0 Å². The van der Waals surface area contributed by atoms with Crippen molar-refractivity contribution < 1.29 is 0 Å². The molecule has 5 nitrogen and oxygen atoms in total. The Morgan fingerprint density at radius 3 is 1.88 bits per heavy atom. The van der Waals surface area contributed by atoms with Crippen LogP contribution in [0.5, 0.6) is 0 Å². The highest BCUT2D eigenvalue weighted by Gasteiger charge is 2.10. The number of para-hydroxylation sites is 2. The standard InChI is InChI=1S/C28H23N5/c1-2-10-28-27(9-1)31-19-23(32-28)14-11-22-12-15-26(16-13-22)33(20-24-7-3-5-17-29-24)21-25-8-4-6-18-30-25/h1-19H,20-21H2/b14-11+. The zero-order chi connectivity index (χ0) is 22.3. The molecule has 0 unspecified atom stereocenters. The minimum Gasteiger partial charge on any atom is -0.360 e. The summed E-state index contributed by atoms with van der Waals surface area (Å²) >= 11 is 0. The van der Waals surface area contributed by atoms with Crippen LogP contribution in [-0.2, 0) is 13.1 Å². The molecule has 2 aromatic carbocycles. The summed E-state index contributed by atoms with van der Waals surface area (Å²) in [7, 11) is 0. The fraction of sp³-hybridized carbons (Fsp3) is 0.0714. The van der Waals surface area contributed by atoms with Gasteiger partial charge in [-0.3, -0.25) is 15.0 Å². The summed E-state index contributed by atoms with van der Waals surface area (Å²) in [5.41, 5.74) is 6.90. The normalized spacial score (nSPS) is 11.2. The van der Waals surface area contributed by atoms with E-state index in [0.29, 0.717) is 13.1 Å². The third-order valence-electron chi connectivity index (χ3n) is 5.33. The molecular formula is C28H23N5. The van der Waals surface area contributed by atoms with Crippen LogP contribution in [0.25, 0.3) is 23.2 Å². The Morgan fingerprint density at radius 2 is 1.24 bits per heavy atom. The average Bonchev–Trinajstić information content (AvgIpc) is 2.88. The lowest BCUT2D eigenvalue weighted by Crippen LogP contribution is -2.23. The van der Waals surface area contributed by atoms with E-state index in [1.165, 1.54) is 0 Å². The van der Waals surface area contributed by atoms with Gasteiger partial charge in [0.15, 0.2) is 0 Å². The van der Waals surface area contributed by atoms with Gasteiger partial charge in [-0.05, 0) is 60.2 Å². The highest BCUT2D eigenvalue weighted by atomic mass is 15.1. The molecule has 0 amide bonds. The van der Waals surface area contributed by atoms with E-state index < -0.39 is 0 Å². The molecule has 0 fully saturated rings. The molecule has 0 radical (unpaired) electrons. The van der Waals surface area contributed by atoms with Crippen molar-refractivity contribution in [2.45, 2.75) is 13.1 Å². The summed E-state index contributed by atoms with van der Waals surface area (Å²) in [5, 5.41) is 0. The van der Waals surface area contributed by atoms with Gasteiger partial charge >= 0.3 is 0 Å². The first-order chi connectivity index (χ1) is 16.3. The van der Waals surface area contributed by atoms with Crippen molar-refractivity contribution in [3.63, 3.8) is 0 Å². The molecule has 0 N–H and O–H groups in total. The Kier molecular flexibility index (Phi) is 6.11. The van der Waals surface area contributed by atoms with Crippen LogP contribution in [0.2, 0.25) is 0 Å². The minimum atomic E-state index is 0.708. The number of rotatable bonds is 7. The maximum absolute atomic E-state index is 4.66. The number of nitrogens with zero attached hydrogens (tertiary/aromatic N) is 5. The fourth-order valence-electron chi connectivity index (χ4n) is 3.64. The first-order valence-electron chi connectivity index (χ1n) is 10.9. The molecule has 3 heterocycles. The van der Waals surface area contributed by atoms with Gasteiger partial charge in [-0.1, -0.05) is 42.5 Å². The zero-order valence-corrected chi connectivity index (χ0v) is 18.1. The van der Waals surface area contributed by atoms with Crippen molar-refractivity contribution in [2.75, 3.05) is 4.90 Å². The Bertz CT molecular complexity index is 1310. The smallest absolute Gasteiger partial charge is 0.0894 e. The van der Waals surface area contributed by atoms with Gasteiger partial charge in [0.2, 0.25) is 0 Å². The molecule has 33 heavy (non-hydrogen) atoms. The van der Waals surface area contributed by atoms with Gasteiger partial charge in [-0.25, -0.2) is 4.98 Å². The summed E-state index contributed by atoms with van der Waals surface area (Å²) in [6, 6.07) is 28.4. The lowest BCUT2D eigenvalue weighted by atomic mass is 10.1. The topological polar surface area (TPSA) is 54.8 Å². The van der Waals surface area contributed by atoms with Gasteiger partial charge in [0.25, 0.3) is 0 Å². The van der Waals surface area contributed by atoms with Crippen molar-refractivity contribution in [1.82, 2.24) is 19.9 Å². The quantitative estimate of drug-likeness (QED) is 0.327. The highest BCUT2D eigenvalue weighted by Crippen LogP contribution is 2.21. The van der Waals surface area contributed by atoms with Gasteiger partial charge in [-0.2, -0.15) is 0 Å². The molecule has 0 saturated carbocycles. The van der Waals surface area contributed by atoms with Crippen LogP contribution in [0, 0.1) is 0 Å². The molecule has 0 aliphatic rings. The maximum Gasteiger partial charge on any atom is 0.0894 e. The van der Waals surface area contributed by atoms with Crippen molar-refractivity contribution in [1.29, 1.82) is 0 Å². The number of anilines is 1. The SMILES string of the molecule is C(=C\c1cnc2ccccc2n1)/c1ccc(N(Cc2ccccn2)Cc2ccccn2)cc1. The van der Waals surface area contributed by atoms with E-state index in [-0.39, 0.29) is 0 Å². The third-order valence-corrected chi connectivity index (χ3v) is 5.33. The Morgan fingerprint density at radius 1 is 0.606 bits per heavy atom.